The Balaban J connectivity index is 1.45. The number of imide groups is 1. The molecule has 184 valence electrons. The molecule has 0 saturated carbocycles. The van der Waals surface area contributed by atoms with E-state index in [1.165, 1.54) is 24.1 Å². The molecule has 0 radical (unpaired) electrons. The Bertz CT molecular complexity index is 1500. The van der Waals surface area contributed by atoms with Crippen molar-refractivity contribution in [2.75, 3.05) is 13.7 Å². The normalized spacial score (nSPS) is 19.2. The van der Waals surface area contributed by atoms with Gasteiger partial charge in [0.05, 0.1) is 18.6 Å². The van der Waals surface area contributed by atoms with Crippen LogP contribution in [0.15, 0.2) is 71.6 Å². The fraction of sp³-hybridized carbons (Fsp3) is 0.160. The number of methoxy groups -OCH3 is 1. The lowest BCUT2D eigenvalue weighted by molar-refractivity contribution is -0.124. The zero-order valence-corrected chi connectivity index (χ0v) is 20.0. The van der Waals surface area contributed by atoms with Crippen LogP contribution in [0.3, 0.4) is 0 Å². The van der Waals surface area contributed by atoms with Crippen molar-refractivity contribution < 1.29 is 27.5 Å². The van der Waals surface area contributed by atoms with Gasteiger partial charge >= 0.3 is 6.03 Å². The maximum atomic E-state index is 13.1. The van der Waals surface area contributed by atoms with E-state index >= 15 is 0 Å². The van der Waals surface area contributed by atoms with E-state index in [2.05, 4.69) is 10.6 Å². The van der Waals surface area contributed by atoms with Gasteiger partial charge in [-0.05, 0) is 46.5 Å². The number of urea groups is 1. The summed E-state index contributed by atoms with van der Waals surface area (Å²) in [6.07, 6.45) is 0. The molecule has 1 atom stereocenters. The van der Waals surface area contributed by atoms with Crippen LogP contribution in [0.5, 0.6) is 5.75 Å². The number of fused-ring (bicyclic) bond motifs is 1. The predicted molar refractivity (Wildman–Crippen MR) is 129 cm³/mol. The Labute approximate surface area is 207 Å². The number of amides is 4. The first-order chi connectivity index (χ1) is 17.1. The highest BCUT2D eigenvalue weighted by molar-refractivity contribution is 7.89. The molecule has 0 unspecified atom stereocenters. The molecule has 2 heterocycles. The van der Waals surface area contributed by atoms with Crippen LogP contribution < -0.4 is 20.5 Å². The maximum absolute atomic E-state index is 13.1. The number of nitrogens with zero attached hydrogens (tertiary/aromatic N) is 1. The Kier molecular flexibility index (Phi) is 5.53. The van der Waals surface area contributed by atoms with Crippen molar-refractivity contribution in [3.8, 4) is 16.9 Å². The summed E-state index contributed by atoms with van der Waals surface area (Å²) in [5.74, 6) is -0.263. The van der Waals surface area contributed by atoms with Crippen molar-refractivity contribution in [1.82, 2.24) is 15.5 Å². The van der Waals surface area contributed by atoms with E-state index in [1.54, 1.807) is 48.5 Å². The Morgan fingerprint density at radius 1 is 0.972 bits per heavy atom. The number of carbonyl (C=O) groups excluding carboxylic acids is 3. The second kappa shape index (κ2) is 8.47. The van der Waals surface area contributed by atoms with Gasteiger partial charge in [0, 0.05) is 12.1 Å². The van der Waals surface area contributed by atoms with Crippen LogP contribution in [0.1, 0.15) is 21.5 Å². The van der Waals surface area contributed by atoms with Crippen LogP contribution in [-0.2, 0) is 26.9 Å². The van der Waals surface area contributed by atoms with Gasteiger partial charge in [-0.1, -0.05) is 42.5 Å². The summed E-state index contributed by atoms with van der Waals surface area (Å²) in [6.45, 7) is 0.223. The topological polar surface area (TPSA) is 148 Å². The molecule has 4 N–H and O–H groups in total. The number of nitrogens with one attached hydrogen (secondary N) is 2. The molecule has 4 amide bonds. The van der Waals surface area contributed by atoms with Gasteiger partial charge in [-0.25, -0.2) is 18.4 Å². The molecule has 2 aliphatic heterocycles. The molecule has 0 aliphatic carbocycles. The number of rotatable bonds is 6. The van der Waals surface area contributed by atoms with Crippen molar-refractivity contribution in [2.45, 2.75) is 17.0 Å². The fourth-order valence-electron chi connectivity index (χ4n) is 4.56. The molecule has 1 saturated heterocycles. The third kappa shape index (κ3) is 3.97. The van der Waals surface area contributed by atoms with Gasteiger partial charge in [0.15, 0.2) is 5.54 Å². The van der Waals surface area contributed by atoms with Gasteiger partial charge in [-0.15, -0.1) is 0 Å². The summed E-state index contributed by atoms with van der Waals surface area (Å²) in [5.41, 5.74) is 1.82. The van der Waals surface area contributed by atoms with Crippen LogP contribution in [-0.4, -0.2) is 44.8 Å². The monoisotopic (exact) mass is 506 g/mol. The van der Waals surface area contributed by atoms with Crippen molar-refractivity contribution in [2.24, 2.45) is 5.14 Å². The number of hydrogen-bond donors (Lipinski definition) is 3. The molecular weight excluding hydrogens is 484 g/mol. The number of sulfonamides is 1. The van der Waals surface area contributed by atoms with Gasteiger partial charge in [0.25, 0.3) is 11.8 Å². The van der Waals surface area contributed by atoms with Gasteiger partial charge in [-0.3, -0.25) is 14.9 Å². The molecule has 11 heteroatoms. The summed E-state index contributed by atoms with van der Waals surface area (Å²) < 4.78 is 28.2. The quantitative estimate of drug-likeness (QED) is 0.434. The zero-order chi connectivity index (χ0) is 25.7. The van der Waals surface area contributed by atoms with E-state index in [0.717, 1.165) is 16.7 Å². The minimum atomic E-state index is -3.80. The Hall–Kier alpha value is -4.22. The smallest absolute Gasteiger partial charge is 0.322 e. The number of nitrogens with two attached hydrogens (primary N) is 1. The standard InChI is InChI=1S/C25H22N4O6S/c1-35-19-9-4-17-13-29(22(30)21(17)12-19)14-25(23(31)27-24(32)28-25)18-7-2-15(3-8-18)16-5-10-20(11-6-16)36(26,33)34/h2-12H,13-14H2,1H3,(H2,26,33,34)(H2,27,28,31,32)/t25-/m0/s1. The highest BCUT2D eigenvalue weighted by Gasteiger charge is 2.50. The van der Waals surface area contributed by atoms with E-state index in [9.17, 15) is 22.8 Å². The molecule has 3 aromatic rings. The Morgan fingerprint density at radius 3 is 2.17 bits per heavy atom. The zero-order valence-electron chi connectivity index (χ0n) is 19.1. The number of ether oxygens (including phenoxy) is 1. The van der Waals surface area contributed by atoms with Gasteiger partial charge in [0.1, 0.15) is 5.75 Å². The average Bonchev–Trinajstić information content (AvgIpc) is 3.33. The van der Waals surface area contributed by atoms with Crippen molar-refractivity contribution in [1.29, 1.82) is 0 Å². The molecule has 1 fully saturated rings. The molecule has 10 nitrogen and oxygen atoms in total. The van der Waals surface area contributed by atoms with Gasteiger partial charge in [0.2, 0.25) is 10.0 Å². The molecule has 0 bridgehead atoms. The summed E-state index contributed by atoms with van der Waals surface area (Å²) in [7, 11) is -2.28. The van der Waals surface area contributed by atoms with E-state index in [0.29, 0.717) is 16.9 Å². The molecule has 5 rings (SSSR count). The Morgan fingerprint density at radius 2 is 1.61 bits per heavy atom. The van der Waals surface area contributed by atoms with Crippen molar-refractivity contribution >= 4 is 27.9 Å². The molecule has 0 aromatic heterocycles. The first kappa shape index (κ1) is 23.5. The lowest BCUT2D eigenvalue weighted by Crippen LogP contribution is -2.52. The lowest BCUT2D eigenvalue weighted by atomic mass is 9.88. The van der Waals surface area contributed by atoms with E-state index < -0.39 is 27.5 Å². The predicted octanol–water partition coefficient (Wildman–Crippen LogP) is 1.70. The van der Waals surface area contributed by atoms with Crippen molar-refractivity contribution in [3.05, 3.63) is 83.4 Å². The second-order valence-corrected chi connectivity index (χ2v) is 10.2. The summed E-state index contributed by atoms with van der Waals surface area (Å²) in [6, 6.07) is 17.6. The molecule has 3 aromatic carbocycles. The minimum Gasteiger partial charge on any atom is -0.497 e. The fourth-order valence-corrected chi connectivity index (χ4v) is 5.08. The average molecular weight is 507 g/mol. The van der Waals surface area contributed by atoms with Crippen LogP contribution in [0.2, 0.25) is 0 Å². The van der Waals surface area contributed by atoms with Crippen LogP contribution >= 0.6 is 0 Å². The van der Waals surface area contributed by atoms with Crippen LogP contribution in [0, 0.1) is 0 Å². The maximum Gasteiger partial charge on any atom is 0.322 e. The van der Waals surface area contributed by atoms with Gasteiger partial charge in [-0.2, -0.15) is 0 Å². The van der Waals surface area contributed by atoms with Crippen LogP contribution in [0.25, 0.3) is 11.1 Å². The van der Waals surface area contributed by atoms with Gasteiger partial charge < -0.3 is 15.0 Å². The summed E-state index contributed by atoms with van der Waals surface area (Å²) >= 11 is 0. The highest BCUT2D eigenvalue weighted by atomic mass is 32.2. The number of hydrogen-bond acceptors (Lipinski definition) is 6. The third-order valence-corrected chi connectivity index (χ3v) is 7.39. The summed E-state index contributed by atoms with van der Waals surface area (Å²) in [5, 5.41) is 10.2. The van der Waals surface area contributed by atoms with E-state index in [-0.39, 0.29) is 23.9 Å². The second-order valence-electron chi connectivity index (χ2n) is 8.64. The molecule has 0 spiro atoms. The molecular formula is C25H22N4O6S. The van der Waals surface area contributed by atoms with Crippen LogP contribution in [0.4, 0.5) is 4.79 Å². The third-order valence-electron chi connectivity index (χ3n) is 6.46. The SMILES string of the molecule is COc1ccc2c(c1)C(=O)N(C[C@@]1(c3ccc(-c4ccc(S(N)(=O)=O)cc4)cc3)NC(=O)NC1=O)C2. The van der Waals surface area contributed by atoms with E-state index in [1.807, 2.05) is 6.07 Å². The highest BCUT2D eigenvalue weighted by Crippen LogP contribution is 2.33. The van der Waals surface area contributed by atoms with Crippen molar-refractivity contribution in [3.63, 3.8) is 0 Å². The summed E-state index contributed by atoms with van der Waals surface area (Å²) in [4.78, 5) is 39.9. The molecule has 36 heavy (non-hydrogen) atoms. The largest absolute Gasteiger partial charge is 0.497 e. The first-order valence-corrected chi connectivity index (χ1v) is 12.5. The molecule has 2 aliphatic rings. The first-order valence-electron chi connectivity index (χ1n) is 10.9. The lowest BCUT2D eigenvalue weighted by Gasteiger charge is -2.31. The van der Waals surface area contributed by atoms with E-state index in [4.69, 9.17) is 9.88 Å². The minimum absolute atomic E-state index is 0.000980. The number of primary sulfonamides is 1. The number of carbonyl (C=O) groups is 3. The number of benzene rings is 3.